The van der Waals surface area contributed by atoms with E-state index in [9.17, 15) is 13.5 Å². The van der Waals surface area contributed by atoms with Crippen LogP contribution in [0.1, 0.15) is 51.9 Å². The van der Waals surface area contributed by atoms with Crippen LogP contribution in [0.2, 0.25) is 0 Å². The fraction of sp³-hybridized carbons (Fsp3) is 1.00. The zero-order chi connectivity index (χ0) is 11.7. The van der Waals surface area contributed by atoms with E-state index in [1.54, 1.807) is 0 Å². The average molecular weight is 238 g/mol. The van der Waals surface area contributed by atoms with Crippen molar-refractivity contribution >= 4 is 10.1 Å². The van der Waals surface area contributed by atoms with Crippen LogP contribution in [0.4, 0.5) is 0 Å². The Balaban J connectivity index is 3.19. The van der Waals surface area contributed by atoms with Gasteiger partial charge in [0.15, 0.2) is 0 Å². The molecule has 92 valence electrons. The maximum absolute atomic E-state index is 10.4. The lowest BCUT2D eigenvalue weighted by Gasteiger charge is -2.06. The summed E-state index contributed by atoms with van der Waals surface area (Å²) in [6.07, 6.45) is 5.74. The Kier molecular flexibility index (Phi) is 8.00. The maximum Gasteiger partial charge on any atom is 0.264 e. The highest BCUT2D eigenvalue weighted by molar-refractivity contribution is 7.85. The molecule has 5 heteroatoms. The van der Waals surface area contributed by atoms with E-state index in [-0.39, 0.29) is 11.9 Å². The molecule has 0 saturated heterocycles. The molecule has 0 aromatic heterocycles. The van der Waals surface area contributed by atoms with Gasteiger partial charge in [-0.1, -0.05) is 32.6 Å². The molecule has 1 unspecified atom stereocenters. The summed E-state index contributed by atoms with van der Waals surface area (Å²) >= 11 is 0. The SMILES string of the molecule is CCC(O)CCCCCCCS(=O)(=O)O. The summed E-state index contributed by atoms with van der Waals surface area (Å²) in [7, 11) is -3.77. The van der Waals surface area contributed by atoms with Crippen LogP contribution in [0.25, 0.3) is 0 Å². The van der Waals surface area contributed by atoms with E-state index >= 15 is 0 Å². The van der Waals surface area contributed by atoms with Crippen LogP contribution in [0, 0.1) is 0 Å². The molecule has 2 N–H and O–H groups in total. The van der Waals surface area contributed by atoms with Crippen molar-refractivity contribution in [2.24, 2.45) is 0 Å². The molecule has 0 aromatic rings. The summed E-state index contributed by atoms with van der Waals surface area (Å²) in [6, 6.07) is 0. The van der Waals surface area contributed by atoms with Gasteiger partial charge in [0.25, 0.3) is 10.1 Å². The fourth-order valence-electron chi connectivity index (χ4n) is 1.40. The van der Waals surface area contributed by atoms with Crippen molar-refractivity contribution in [3.8, 4) is 0 Å². The monoisotopic (exact) mass is 238 g/mol. The molecule has 15 heavy (non-hydrogen) atoms. The molecule has 0 fully saturated rings. The van der Waals surface area contributed by atoms with Crippen molar-refractivity contribution in [1.82, 2.24) is 0 Å². The van der Waals surface area contributed by atoms with Gasteiger partial charge in [-0.3, -0.25) is 4.55 Å². The van der Waals surface area contributed by atoms with E-state index < -0.39 is 10.1 Å². The first-order valence-corrected chi connectivity index (χ1v) is 7.20. The Bertz CT molecular complexity index is 236. The minimum atomic E-state index is -3.77. The Morgan fingerprint density at radius 1 is 1.07 bits per heavy atom. The van der Waals surface area contributed by atoms with Gasteiger partial charge in [-0.15, -0.1) is 0 Å². The number of unbranched alkanes of at least 4 members (excludes halogenated alkanes) is 4. The normalized spacial score (nSPS) is 14.1. The average Bonchev–Trinajstić information content (AvgIpc) is 2.14. The minimum Gasteiger partial charge on any atom is -0.393 e. The predicted molar refractivity (Wildman–Crippen MR) is 60.4 cm³/mol. The molecule has 0 rings (SSSR count). The number of rotatable bonds is 9. The molecule has 0 aliphatic rings. The Labute approximate surface area is 92.4 Å². The van der Waals surface area contributed by atoms with Crippen molar-refractivity contribution < 1.29 is 18.1 Å². The summed E-state index contributed by atoms with van der Waals surface area (Å²) in [5.41, 5.74) is 0. The molecule has 0 heterocycles. The third kappa shape index (κ3) is 11.8. The molecule has 4 nitrogen and oxygen atoms in total. The van der Waals surface area contributed by atoms with Crippen LogP contribution >= 0.6 is 0 Å². The molecule has 0 saturated carbocycles. The Morgan fingerprint density at radius 3 is 2.13 bits per heavy atom. The molecule has 0 bridgehead atoms. The largest absolute Gasteiger partial charge is 0.393 e. The second-order valence-corrected chi connectivity index (χ2v) is 5.48. The smallest absolute Gasteiger partial charge is 0.264 e. The summed E-state index contributed by atoms with van der Waals surface area (Å²) in [6.45, 7) is 1.96. The fourth-order valence-corrected chi connectivity index (χ4v) is 1.97. The van der Waals surface area contributed by atoms with E-state index in [0.29, 0.717) is 6.42 Å². The quantitative estimate of drug-likeness (QED) is 0.476. The van der Waals surface area contributed by atoms with Gasteiger partial charge in [-0.25, -0.2) is 0 Å². The van der Waals surface area contributed by atoms with Crippen LogP contribution in [0.15, 0.2) is 0 Å². The molecule has 0 aliphatic heterocycles. The molecular formula is C10H22O4S. The van der Waals surface area contributed by atoms with Crippen LogP contribution in [-0.4, -0.2) is 29.9 Å². The maximum atomic E-state index is 10.4. The zero-order valence-electron chi connectivity index (χ0n) is 9.35. The van der Waals surface area contributed by atoms with E-state index in [2.05, 4.69) is 0 Å². The number of hydrogen-bond acceptors (Lipinski definition) is 3. The Hall–Kier alpha value is -0.130. The second kappa shape index (κ2) is 8.07. The van der Waals surface area contributed by atoms with Gasteiger partial charge in [-0.2, -0.15) is 8.42 Å². The van der Waals surface area contributed by atoms with Crippen molar-refractivity contribution in [2.45, 2.75) is 58.0 Å². The zero-order valence-corrected chi connectivity index (χ0v) is 10.2. The first-order chi connectivity index (χ1) is 6.95. The molecular weight excluding hydrogens is 216 g/mol. The summed E-state index contributed by atoms with van der Waals surface area (Å²) in [4.78, 5) is 0. The van der Waals surface area contributed by atoms with Crippen LogP contribution in [0.5, 0.6) is 0 Å². The number of aliphatic hydroxyl groups is 1. The third-order valence-corrected chi connectivity index (χ3v) is 3.22. The van der Waals surface area contributed by atoms with E-state index in [0.717, 1.165) is 38.5 Å². The minimum absolute atomic E-state index is 0.134. The van der Waals surface area contributed by atoms with Gasteiger partial charge < -0.3 is 5.11 Å². The highest BCUT2D eigenvalue weighted by atomic mass is 32.2. The topological polar surface area (TPSA) is 74.6 Å². The number of hydrogen-bond donors (Lipinski definition) is 2. The van der Waals surface area contributed by atoms with Crippen molar-refractivity contribution in [3.63, 3.8) is 0 Å². The van der Waals surface area contributed by atoms with Crippen LogP contribution < -0.4 is 0 Å². The van der Waals surface area contributed by atoms with Gasteiger partial charge in [0.1, 0.15) is 0 Å². The van der Waals surface area contributed by atoms with Gasteiger partial charge in [0.2, 0.25) is 0 Å². The summed E-state index contributed by atoms with van der Waals surface area (Å²) < 4.78 is 29.2. The molecule has 0 amide bonds. The van der Waals surface area contributed by atoms with Crippen LogP contribution in [0.3, 0.4) is 0 Å². The van der Waals surface area contributed by atoms with Crippen molar-refractivity contribution in [1.29, 1.82) is 0 Å². The van der Waals surface area contributed by atoms with Gasteiger partial charge >= 0.3 is 0 Å². The molecule has 0 aromatic carbocycles. The van der Waals surface area contributed by atoms with E-state index in [1.807, 2.05) is 6.92 Å². The lowest BCUT2D eigenvalue weighted by atomic mass is 10.1. The molecule has 0 radical (unpaired) electrons. The molecule has 1 atom stereocenters. The first kappa shape index (κ1) is 14.9. The number of aliphatic hydroxyl groups excluding tert-OH is 1. The first-order valence-electron chi connectivity index (χ1n) is 5.59. The predicted octanol–water partition coefficient (Wildman–Crippen LogP) is 1.99. The second-order valence-electron chi connectivity index (χ2n) is 3.90. The van der Waals surface area contributed by atoms with Gasteiger partial charge in [-0.05, 0) is 19.3 Å². The lowest BCUT2D eigenvalue weighted by Crippen LogP contribution is -2.04. The third-order valence-electron chi connectivity index (χ3n) is 2.41. The van der Waals surface area contributed by atoms with Crippen LogP contribution in [-0.2, 0) is 10.1 Å². The highest BCUT2D eigenvalue weighted by Crippen LogP contribution is 2.09. The van der Waals surface area contributed by atoms with E-state index in [1.165, 1.54) is 0 Å². The highest BCUT2D eigenvalue weighted by Gasteiger charge is 2.03. The van der Waals surface area contributed by atoms with Gasteiger partial charge in [0.05, 0.1) is 11.9 Å². The lowest BCUT2D eigenvalue weighted by molar-refractivity contribution is 0.156. The van der Waals surface area contributed by atoms with E-state index in [4.69, 9.17) is 4.55 Å². The molecule has 0 aliphatic carbocycles. The summed E-state index contributed by atoms with van der Waals surface area (Å²) in [5, 5.41) is 9.25. The van der Waals surface area contributed by atoms with Gasteiger partial charge in [0, 0.05) is 0 Å². The van der Waals surface area contributed by atoms with Crippen molar-refractivity contribution in [2.75, 3.05) is 5.75 Å². The standard InChI is InChI=1S/C10H22O4S/c1-2-10(11)8-6-4-3-5-7-9-15(12,13)14/h10-11H,2-9H2,1H3,(H,12,13,14). The van der Waals surface area contributed by atoms with Crippen molar-refractivity contribution in [3.05, 3.63) is 0 Å². The summed E-state index contributed by atoms with van der Waals surface area (Å²) in [5.74, 6) is -0.134. The molecule has 0 spiro atoms. The Morgan fingerprint density at radius 2 is 1.60 bits per heavy atom.